The van der Waals surface area contributed by atoms with Crippen LogP contribution in [-0.4, -0.2) is 53.2 Å². The summed E-state index contributed by atoms with van der Waals surface area (Å²) in [6.45, 7) is 6.43. The van der Waals surface area contributed by atoms with Crippen molar-refractivity contribution in [3.05, 3.63) is 42.1 Å². The minimum Gasteiger partial charge on any atom is -0.357 e. The van der Waals surface area contributed by atoms with Gasteiger partial charge in [0, 0.05) is 44.1 Å². The van der Waals surface area contributed by atoms with Gasteiger partial charge in [0.2, 0.25) is 0 Å². The summed E-state index contributed by atoms with van der Waals surface area (Å²) in [5, 5.41) is 0. The summed E-state index contributed by atoms with van der Waals surface area (Å²) in [7, 11) is 4.26. The number of rotatable bonds is 6. The molecular weight excluding hydrogens is 298 g/mol. The Labute approximate surface area is 145 Å². The molecule has 0 atom stereocenters. The maximum absolute atomic E-state index is 4.66. The van der Waals surface area contributed by atoms with Gasteiger partial charge in [-0.15, -0.1) is 0 Å². The summed E-state index contributed by atoms with van der Waals surface area (Å²) < 4.78 is 2.36. The van der Waals surface area contributed by atoms with Crippen LogP contribution in [0.25, 0.3) is 0 Å². The smallest absolute Gasteiger partial charge is 0.128 e. The number of nitrogens with zero attached hydrogens (tertiary/aromatic N) is 5. The van der Waals surface area contributed by atoms with Crippen molar-refractivity contribution in [3.63, 3.8) is 0 Å². The van der Waals surface area contributed by atoms with Gasteiger partial charge in [0.05, 0.1) is 0 Å². The molecule has 0 radical (unpaired) electrons. The summed E-state index contributed by atoms with van der Waals surface area (Å²) in [5.41, 5.74) is 1.28. The highest BCUT2D eigenvalue weighted by Crippen LogP contribution is 2.29. The fraction of sp³-hybridized carbons (Fsp3) is 0.579. The zero-order valence-electron chi connectivity index (χ0n) is 15.1. The Balaban J connectivity index is 1.58. The molecule has 2 aromatic rings. The number of hydrogen-bond donors (Lipinski definition) is 0. The van der Waals surface area contributed by atoms with Crippen LogP contribution in [0.5, 0.6) is 0 Å². The number of aromatic nitrogens is 3. The highest BCUT2D eigenvalue weighted by atomic mass is 15.2. The first-order valence-corrected chi connectivity index (χ1v) is 8.97. The lowest BCUT2D eigenvalue weighted by atomic mass is 9.95. The highest BCUT2D eigenvalue weighted by molar-refractivity contribution is 5.41. The monoisotopic (exact) mass is 327 g/mol. The molecule has 130 valence electrons. The van der Waals surface area contributed by atoms with Crippen molar-refractivity contribution < 1.29 is 0 Å². The van der Waals surface area contributed by atoms with Crippen molar-refractivity contribution in [2.24, 2.45) is 0 Å². The average Bonchev–Trinajstić information content (AvgIpc) is 3.03. The van der Waals surface area contributed by atoms with Gasteiger partial charge >= 0.3 is 0 Å². The van der Waals surface area contributed by atoms with E-state index < -0.39 is 0 Å². The molecule has 0 amide bonds. The van der Waals surface area contributed by atoms with Crippen LogP contribution in [0, 0.1) is 6.92 Å². The van der Waals surface area contributed by atoms with Gasteiger partial charge in [0.25, 0.3) is 0 Å². The van der Waals surface area contributed by atoms with Crippen LogP contribution in [0.4, 0.5) is 5.82 Å². The van der Waals surface area contributed by atoms with Gasteiger partial charge in [-0.25, -0.2) is 9.97 Å². The third kappa shape index (κ3) is 4.15. The van der Waals surface area contributed by atoms with Crippen molar-refractivity contribution in [2.75, 3.05) is 38.6 Å². The first-order chi connectivity index (χ1) is 11.6. The Morgan fingerprint density at radius 1 is 1.17 bits per heavy atom. The fourth-order valence-corrected chi connectivity index (χ4v) is 3.49. The molecule has 0 saturated carbocycles. The quantitative estimate of drug-likeness (QED) is 0.817. The molecule has 2 aromatic heterocycles. The normalized spacial score (nSPS) is 16.1. The minimum absolute atomic E-state index is 0.570. The van der Waals surface area contributed by atoms with Gasteiger partial charge in [0.15, 0.2) is 0 Å². The molecule has 0 aromatic carbocycles. The molecule has 0 bridgehead atoms. The zero-order valence-corrected chi connectivity index (χ0v) is 15.1. The molecule has 0 unspecified atom stereocenters. The van der Waals surface area contributed by atoms with Crippen molar-refractivity contribution >= 4 is 5.82 Å². The molecule has 5 nitrogen and oxygen atoms in total. The van der Waals surface area contributed by atoms with Crippen LogP contribution in [-0.2, 0) is 6.54 Å². The van der Waals surface area contributed by atoms with E-state index in [0.29, 0.717) is 5.92 Å². The van der Waals surface area contributed by atoms with Gasteiger partial charge < -0.3 is 14.4 Å². The number of aryl methyl sites for hydroxylation is 2. The van der Waals surface area contributed by atoms with Crippen molar-refractivity contribution in [2.45, 2.75) is 38.6 Å². The van der Waals surface area contributed by atoms with E-state index in [1.807, 2.05) is 12.4 Å². The van der Waals surface area contributed by atoms with E-state index in [-0.39, 0.29) is 0 Å². The lowest BCUT2D eigenvalue weighted by Gasteiger charge is -2.32. The van der Waals surface area contributed by atoms with Crippen LogP contribution in [0.15, 0.2) is 30.7 Å². The Hall–Kier alpha value is -1.88. The van der Waals surface area contributed by atoms with Crippen molar-refractivity contribution in [3.8, 4) is 0 Å². The number of anilines is 1. The van der Waals surface area contributed by atoms with Crippen LogP contribution in [0.3, 0.4) is 0 Å². The van der Waals surface area contributed by atoms with Gasteiger partial charge in [-0.05, 0) is 64.5 Å². The highest BCUT2D eigenvalue weighted by Gasteiger charge is 2.24. The molecule has 1 aliphatic rings. The Morgan fingerprint density at radius 2 is 1.96 bits per heavy atom. The molecular formula is C19H29N5. The topological polar surface area (TPSA) is 37.2 Å². The summed E-state index contributed by atoms with van der Waals surface area (Å²) in [6.07, 6.45) is 9.48. The van der Waals surface area contributed by atoms with Gasteiger partial charge in [-0.3, -0.25) is 0 Å². The lowest BCUT2D eigenvalue weighted by Crippen LogP contribution is -2.34. The Morgan fingerprint density at radius 3 is 2.67 bits per heavy atom. The molecule has 1 saturated heterocycles. The molecule has 0 aliphatic carbocycles. The van der Waals surface area contributed by atoms with E-state index in [0.717, 1.165) is 44.8 Å². The standard InChI is InChI=1S/C19H29N5/c1-16-5-8-20-18(15-16)23-12-6-17(7-13-23)19-21-9-14-24(19)11-4-10-22(2)3/h5,8-9,14-15,17H,4,6-7,10-13H2,1-3H3. The van der Waals surface area contributed by atoms with E-state index in [4.69, 9.17) is 0 Å². The van der Waals surface area contributed by atoms with Gasteiger partial charge in [-0.2, -0.15) is 0 Å². The lowest BCUT2D eigenvalue weighted by molar-refractivity contribution is 0.380. The molecule has 0 N–H and O–H groups in total. The maximum Gasteiger partial charge on any atom is 0.128 e. The Kier molecular flexibility index (Phi) is 5.51. The zero-order chi connectivity index (χ0) is 16.9. The molecule has 5 heteroatoms. The summed E-state index contributed by atoms with van der Waals surface area (Å²) in [4.78, 5) is 13.8. The predicted octanol–water partition coefficient (Wildman–Crippen LogP) is 2.92. The minimum atomic E-state index is 0.570. The van der Waals surface area contributed by atoms with E-state index in [1.54, 1.807) is 0 Å². The number of piperidine rings is 1. The third-order valence-corrected chi connectivity index (χ3v) is 4.84. The first kappa shape index (κ1) is 17.0. The van der Waals surface area contributed by atoms with Crippen LogP contribution < -0.4 is 4.90 Å². The second-order valence-corrected chi connectivity index (χ2v) is 7.09. The fourth-order valence-electron chi connectivity index (χ4n) is 3.49. The number of imidazole rings is 1. The first-order valence-electron chi connectivity index (χ1n) is 8.97. The SMILES string of the molecule is Cc1ccnc(N2CCC(c3nccn3CCCN(C)C)CC2)c1. The summed E-state index contributed by atoms with van der Waals surface area (Å²) in [5.74, 6) is 2.95. The molecule has 3 rings (SSSR count). The van der Waals surface area contributed by atoms with E-state index in [2.05, 4.69) is 63.7 Å². The van der Waals surface area contributed by atoms with Gasteiger partial charge in [-0.1, -0.05) is 0 Å². The van der Waals surface area contributed by atoms with Crippen LogP contribution in [0.2, 0.25) is 0 Å². The summed E-state index contributed by atoms with van der Waals surface area (Å²) in [6, 6.07) is 4.24. The van der Waals surface area contributed by atoms with E-state index in [9.17, 15) is 0 Å². The van der Waals surface area contributed by atoms with Gasteiger partial charge in [0.1, 0.15) is 11.6 Å². The predicted molar refractivity (Wildman–Crippen MR) is 98.6 cm³/mol. The molecule has 24 heavy (non-hydrogen) atoms. The molecule has 1 fully saturated rings. The molecule has 0 spiro atoms. The summed E-state index contributed by atoms with van der Waals surface area (Å²) >= 11 is 0. The number of pyridine rings is 1. The van der Waals surface area contributed by atoms with E-state index >= 15 is 0 Å². The number of hydrogen-bond acceptors (Lipinski definition) is 4. The molecule has 1 aliphatic heterocycles. The van der Waals surface area contributed by atoms with Crippen molar-refractivity contribution in [1.29, 1.82) is 0 Å². The molecule has 3 heterocycles. The van der Waals surface area contributed by atoms with E-state index in [1.165, 1.54) is 17.8 Å². The average molecular weight is 327 g/mol. The Bertz CT molecular complexity index is 641. The second-order valence-electron chi connectivity index (χ2n) is 7.09. The second kappa shape index (κ2) is 7.79. The largest absolute Gasteiger partial charge is 0.357 e. The van der Waals surface area contributed by atoms with Crippen LogP contribution >= 0.6 is 0 Å². The van der Waals surface area contributed by atoms with Crippen molar-refractivity contribution in [1.82, 2.24) is 19.4 Å². The third-order valence-electron chi connectivity index (χ3n) is 4.84. The van der Waals surface area contributed by atoms with Crippen LogP contribution in [0.1, 0.15) is 36.6 Å². The maximum atomic E-state index is 4.66.